The summed E-state index contributed by atoms with van der Waals surface area (Å²) in [7, 11) is 1.51. The van der Waals surface area contributed by atoms with Gasteiger partial charge in [-0.05, 0) is 48.0 Å². The van der Waals surface area contributed by atoms with Gasteiger partial charge in [-0.3, -0.25) is 9.69 Å². The van der Waals surface area contributed by atoms with Gasteiger partial charge in [-0.1, -0.05) is 65.9 Å². The molecule has 0 N–H and O–H groups in total. The Kier molecular flexibility index (Phi) is 6.79. The normalized spacial score (nSPS) is 14.8. The van der Waals surface area contributed by atoms with E-state index in [1.165, 1.54) is 35.9 Å². The van der Waals surface area contributed by atoms with Crippen LogP contribution in [0, 0.1) is 5.82 Å². The van der Waals surface area contributed by atoms with Crippen molar-refractivity contribution in [3.63, 3.8) is 0 Å². The average Bonchev–Trinajstić information content (AvgIpc) is 3.07. The number of anilines is 1. The third kappa shape index (κ3) is 4.65. The minimum atomic E-state index is -0.437. The van der Waals surface area contributed by atoms with Crippen molar-refractivity contribution >= 4 is 57.6 Å². The number of rotatable bonds is 6. The molecule has 0 spiro atoms. The van der Waals surface area contributed by atoms with E-state index in [0.717, 1.165) is 11.3 Å². The lowest BCUT2D eigenvalue weighted by molar-refractivity contribution is -0.113. The van der Waals surface area contributed by atoms with Crippen molar-refractivity contribution in [2.24, 2.45) is 0 Å². The number of hydrogen-bond donors (Lipinski definition) is 0. The van der Waals surface area contributed by atoms with E-state index in [0.29, 0.717) is 25.7 Å². The number of hydrogen-bond acceptors (Lipinski definition) is 5. The maximum absolute atomic E-state index is 14.0. The van der Waals surface area contributed by atoms with Gasteiger partial charge in [-0.2, -0.15) is 0 Å². The summed E-state index contributed by atoms with van der Waals surface area (Å²) in [5.41, 5.74) is 1.74. The maximum Gasteiger partial charge on any atom is 0.270 e. The molecule has 1 amide bonds. The molecule has 162 valence electrons. The molecule has 4 nitrogen and oxygen atoms in total. The molecular weight excluding hydrogens is 469 g/mol. The quantitative estimate of drug-likeness (QED) is 0.295. The van der Waals surface area contributed by atoms with Crippen LogP contribution in [0.1, 0.15) is 11.1 Å². The van der Waals surface area contributed by atoms with Crippen LogP contribution in [-0.2, 0) is 11.4 Å². The van der Waals surface area contributed by atoms with Crippen LogP contribution in [0.4, 0.5) is 10.1 Å². The summed E-state index contributed by atoms with van der Waals surface area (Å²) < 4.78 is 25.6. The van der Waals surface area contributed by atoms with E-state index in [4.69, 9.17) is 33.3 Å². The Morgan fingerprint density at radius 2 is 1.88 bits per heavy atom. The molecule has 0 unspecified atom stereocenters. The summed E-state index contributed by atoms with van der Waals surface area (Å²) in [4.78, 5) is 14.9. The molecule has 0 bridgehead atoms. The highest BCUT2D eigenvalue weighted by Gasteiger charge is 2.33. The van der Waals surface area contributed by atoms with Crippen LogP contribution in [0.3, 0.4) is 0 Å². The Balaban J connectivity index is 1.55. The minimum absolute atomic E-state index is 0.0447. The van der Waals surface area contributed by atoms with Crippen molar-refractivity contribution < 1.29 is 18.7 Å². The molecule has 1 heterocycles. The minimum Gasteiger partial charge on any atom is -0.493 e. The monoisotopic (exact) mass is 485 g/mol. The number of carbonyl (C=O) groups is 1. The molecule has 1 fully saturated rings. The topological polar surface area (TPSA) is 38.8 Å². The molecule has 0 aromatic heterocycles. The fourth-order valence-corrected chi connectivity index (χ4v) is 4.65. The maximum atomic E-state index is 14.0. The number of thiocarbonyl (C=S) groups is 1. The van der Waals surface area contributed by atoms with Crippen molar-refractivity contribution in [1.29, 1.82) is 0 Å². The van der Waals surface area contributed by atoms with Gasteiger partial charge in [-0.15, -0.1) is 0 Å². The zero-order chi connectivity index (χ0) is 22.7. The van der Waals surface area contributed by atoms with Crippen molar-refractivity contribution in [2.45, 2.75) is 6.61 Å². The number of thioether (sulfide) groups is 1. The highest BCUT2D eigenvalue weighted by atomic mass is 35.5. The summed E-state index contributed by atoms with van der Waals surface area (Å²) in [5, 5.41) is 0.293. The lowest BCUT2D eigenvalue weighted by atomic mass is 10.1. The van der Waals surface area contributed by atoms with Gasteiger partial charge in [0, 0.05) is 5.56 Å². The Labute approximate surface area is 199 Å². The third-order valence-corrected chi connectivity index (χ3v) is 6.38. The second-order valence-electron chi connectivity index (χ2n) is 6.75. The fourth-order valence-electron chi connectivity index (χ4n) is 3.13. The number of amides is 1. The predicted octanol–water partition coefficient (Wildman–Crippen LogP) is 6.47. The van der Waals surface area contributed by atoms with Gasteiger partial charge in [0.05, 0.1) is 22.7 Å². The highest BCUT2D eigenvalue weighted by molar-refractivity contribution is 8.27. The molecule has 0 atom stereocenters. The highest BCUT2D eigenvalue weighted by Crippen LogP contribution is 2.37. The van der Waals surface area contributed by atoms with Gasteiger partial charge in [0.2, 0.25) is 0 Å². The van der Waals surface area contributed by atoms with Gasteiger partial charge in [0.25, 0.3) is 5.91 Å². The Hall–Kier alpha value is -2.87. The molecule has 3 aromatic carbocycles. The first-order chi connectivity index (χ1) is 15.5. The number of halogens is 2. The van der Waals surface area contributed by atoms with E-state index < -0.39 is 5.82 Å². The molecule has 32 heavy (non-hydrogen) atoms. The lowest BCUT2D eigenvalue weighted by Crippen LogP contribution is -2.27. The molecule has 1 aliphatic heterocycles. The first kappa shape index (κ1) is 22.3. The Morgan fingerprint density at radius 3 is 2.59 bits per heavy atom. The Morgan fingerprint density at radius 1 is 1.09 bits per heavy atom. The smallest absolute Gasteiger partial charge is 0.270 e. The summed E-state index contributed by atoms with van der Waals surface area (Å²) in [6.07, 6.45) is 1.75. The first-order valence-electron chi connectivity index (χ1n) is 9.54. The number of carbonyl (C=O) groups excluding carboxylic acids is 1. The molecule has 1 saturated heterocycles. The standard InChI is InChI=1S/C24H17ClFNO3S2/c1-29-21-12-15(10-11-20(21)30-14-17-18(25)8-5-9-19(17)26)13-22-23(28)27(24(31)32-22)16-6-3-2-4-7-16/h2-13H,14H2,1H3/b22-13+. The zero-order valence-electron chi connectivity index (χ0n) is 16.9. The molecule has 8 heteroatoms. The third-order valence-electron chi connectivity index (χ3n) is 4.73. The van der Waals surface area contributed by atoms with Gasteiger partial charge >= 0.3 is 0 Å². The van der Waals surface area contributed by atoms with Crippen molar-refractivity contribution in [2.75, 3.05) is 12.0 Å². The molecular formula is C24H17ClFNO3S2. The lowest BCUT2D eigenvalue weighted by Gasteiger charge is -2.14. The number of ether oxygens (including phenoxy) is 2. The van der Waals surface area contributed by atoms with Crippen LogP contribution >= 0.6 is 35.6 Å². The van der Waals surface area contributed by atoms with Gasteiger partial charge in [-0.25, -0.2) is 4.39 Å². The zero-order valence-corrected chi connectivity index (χ0v) is 19.3. The number of methoxy groups -OCH3 is 1. The second kappa shape index (κ2) is 9.73. The van der Waals surface area contributed by atoms with Gasteiger partial charge < -0.3 is 9.47 Å². The van der Waals surface area contributed by atoms with Gasteiger partial charge in [0.15, 0.2) is 15.8 Å². The van der Waals surface area contributed by atoms with E-state index >= 15 is 0 Å². The van der Waals surface area contributed by atoms with E-state index in [9.17, 15) is 9.18 Å². The number of nitrogens with zero attached hydrogens (tertiary/aromatic N) is 1. The van der Waals surface area contributed by atoms with Crippen LogP contribution in [0.15, 0.2) is 71.6 Å². The van der Waals surface area contributed by atoms with E-state index in [-0.39, 0.29) is 18.1 Å². The van der Waals surface area contributed by atoms with Crippen LogP contribution in [0.2, 0.25) is 5.02 Å². The summed E-state index contributed by atoms with van der Waals surface area (Å²) >= 11 is 12.7. The predicted molar refractivity (Wildman–Crippen MR) is 131 cm³/mol. The van der Waals surface area contributed by atoms with Crippen molar-refractivity contribution in [3.8, 4) is 11.5 Å². The summed E-state index contributed by atoms with van der Waals surface area (Å²) in [6.45, 7) is -0.0447. The van der Waals surface area contributed by atoms with Crippen LogP contribution in [-0.4, -0.2) is 17.3 Å². The SMILES string of the molecule is COc1cc(/C=C2/SC(=S)N(c3ccccc3)C2=O)ccc1OCc1c(F)cccc1Cl. The van der Waals surface area contributed by atoms with E-state index in [1.807, 2.05) is 30.3 Å². The largest absolute Gasteiger partial charge is 0.493 e. The van der Waals surface area contributed by atoms with E-state index in [2.05, 4.69) is 0 Å². The summed E-state index contributed by atoms with van der Waals surface area (Å²) in [6, 6.07) is 19.0. The molecule has 0 radical (unpaired) electrons. The fraction of sp³-hybridized carbons (Fsp3) is 0.0833. The molecule has 4 rings (SSSR count). The Bertz CT molecular complexity index is 1200. The molecule has 0 aliphatic carbocycles. The van der Waals surface area contributed by atoms with Crippen LogP contribution < -0.4 is 14.4 Å². The molecule has 0 saturated carbocycles. The number of para-hydroxylation sites is 1. The van der Waals surface area contributed by atoms with Crippen molar-refractivity contribution in [3.05, 3.63) is 93.6 Å². The van der Waals surface area contributed by atoms with E-state index in [1.54, 1.807) is 30.3 Å². The second-order valence-corrected chi connectivity index (χ2v) is 8.83. The average molecular weight is 486 g/mol. The summed E-state index contributed by atoms with van der Waals surface area (Å²) in [5.74, 6) is 0.263. The van der Waals surface area contributed by atoms with Crippen LogP contribution in [0.5, 0.6) is 11.5 Å². The van der Waals surface area contributed by atoms with Gasteiger partial charge in [0.1, 0.15) is 12.4 Å². The first-order valence-corrected chi connectivity index (χ1v) is 11.1. The number of benzene rings is 3. The molecule has 1 aliphatic rings. The van der Waals surface area contributed by atoms with Crippen LogP contribution in [0.25, 0.3) is 6.08 Å². The molecule has 3 aromatic rings. The van der Waals surface area contributed by atoms with Crippen molar-refractivity contribution in [1.82, 2.24) is 0 Å².